The molecule has 8 nitrogen and oxygen atoms in total. The zero-order chi connectivity index (χ0) is 21.0. The second-order valence-electron chi connectivity index (χ2n) is 7.20. The molecular formula is C21H17ClN6O2. The van der Waals surface area contributed by atoms with Gasteiger partial charge >= 0.3 is 5.69 Å². The molecule has 0 radical (unpaired) electrons. The van der Waals surface area contributed by atoms with Gasteiger partial charge < -0.3 is 0 Å². The summed E-state index contributed by atoms with van der Waals surface area (Å²) in [5, 5.41) is 9.19. The van der Waals surface area contributed by atoms with Crippen LogP contribution in [0.4, 0.5) is 0 Å². The van der Waals surface area contributed by atoms with Crippen molar-refractivity contribution in [2.24, 2.45) is 7.05 Å². The second kappa shape index (κ2) is 6.70. The van der Waals surface area contributed by atoms with E-state index in [1.165, 1.54) is 4.57 Å². The summed E-state index contributed by atoms with van der Waals surface area (Å²) in [7, 11) is 1.60. The molecule has 2 aromatic carbocycles. The third-order valence-electron chi connectivity index (χ3n) is 5.18. The molecule has 30 heavy (non-hydrogen) atoms. The van der Waals surface area contributed by atoms with Gasteiger partial charge in [0.2, 0.25) is 5.78 Å². The molecule has 0 atom stereocenters. The first-order valence-electron chi connectivity index (χ1n) is 9.33. The highest BCUT2D eigenvalue weighted by Crippen LogP contribution is 2.29. The van der Waals surface area contributed by atoms with Crippen LogP contribution in [-0.4, -0.2) is 28.7 Å². The van der Waals surface area contributed by atoms with Crippen LogP contribution in [0.1, 0.15) is 11.1 Å². The summed E-state index contributed by atoms with van der Waals surface area (Å²) >= 11 is 6.40. The fourth-order valence-electron chi connectivity index (χ4n) is 3.80. The Bertz CT molecular complexity index is 1560. The number of rotatable bonds is 3. The molecule has 3 aromatic heterocycles. The highest BCUT2D eigenvalue weighted by Gasteiger charge is 2.23. The van der Waals surface area contributed by atoms with Crippen LogP contribution < -0.4 is 11.2 Å². The summed E-state index contributed by atoms with van der Waals surface area (Å²) in [5.74, 6) is 0.914. The number of benzene rings is 2. The monoisotopic (exact) mass is 420 g/mol. The van der Waals surface area contributed by atoms with Crippen molar-refractivity contribution in [2.75, 3.05) is 0 Å². The number of halogens is 1. The van der Waals surface area contributed by atoms with E-state index >= 15 is 0 Å². The molecule has 0 bridgehead atoms. The topological polar surface area (TPSA) is 90.0 Å². The van der Waals surface area contributed by atoms with Gasteiger partial charge in [0.05, 0.1) is 11.6 Å². The fourth-order valence-corrected chi connectivity index (χ4v) is 4.02. The highest BCUT2D eigenvalue weighted by atomic mass is 35.5. The van der Waals surface area contributed by atoms with Crippen molar-refractivity contribution in [1.82, 2.24) is 28.7 Å². The van der Waals surface area contributed by atoms with Gasteiger partial charge in [0, 0.05) is 12.6 Å². The number of fused-ring (bicyclic) bond motifs is 3. The Hall–Kier alpha value is -3.65. The van der Waals surface area contributed by atoms with E-state index in [-0.39, 0.29) is 0 Å². The molecule has 0 amide bonds. The van der Waals surface area contributed by atoms with Crippen molar-refractivity contribution in [3.63, 3.8) is 0 Å². The van der Waals surface area contributed by atoms with Gasteiger partial charge in [-0.05, 0) is 24.6 Å². The predicted molar refractivity (Wildman–Crippen MR) is 115 cm³/mol. The van der Waals surface area contributed by atoms with Crippen LogP contribution >= 0.6 is 11.6 Å². The number of hydrogen-bond acceptors (Lipinski definition) is 4. The van der Waals surface area contributed by atoms with E-state index in [4.69, 9.17) is 11.6 Å². The average Bonchev–Trinajstić information content (AvgIpc) is 3.26. The van der Waals surface area contributed by atoms with Crippen LogP contribution in [0, 0.1) is 6.92 Å². The van der Waals surface area contributed by atoms with Crippen molar-refractivity contribution >= 4 is 28.5 Å². The van der Waals surface area contributed by atoms with Crippen LogP contribution in [-0.2, 0) is 13.6 Å². The standard InChI is InChI=1S/C21H17ClN6O2/c1-12-6-5-7-13(10-12)11-27-16-18(29)23-21(30)26(2)19(16)28-17(24-25-20(27)28)14-8-3-4-9-15(14)22/h3-10H,11H2,1-2H3,(H,23,29,30). The normalized spacial score (nSPS) is 11.6. The summed E-state index contributed by atoms with van der Waals surface area (Å²) in [5.41, 5.74) is 2.54. The minimum absolute atomic E-state index is 0.344. The predicted octanol–water partition coefficient (Wildman–Crippen LogP) is 2.75. The lowest BCUT2D eigenvalue weighted by molar-refractivity contribution is 0.809. The van der Waals surface area contributed by atoms with Crippen LogP contribution in [0.25, 0.3) is 28.3 Å². The van der Waals surface area contributed by atoms with E-state index in [9.17, 15) is 9.59 Å². The lowest BCUT2D eigenvalue weighted by atomic mass is 10.1. The van der Waals surface area contributed by atoms with Gasteiger partial charge in [-0.15, -0.1) is 10.2 Å². The second-order valence-corrected chi connectivity index (χ2v) is 7.61. The first-order chi connectivity index (χ1) is 14.5. The molecule has 0 saturated heterocycles. The average molecular weight is 421 g/mol. The summed E-state index contributed by atoms with van der Waals surface area (Å²) in [4.78, 5) is 27.6. The molecule has 3 heterocycles. The Kier molecular flexibility index (Phi) is 4.11. The smallest absolute Gasteiger partial charge is 0.298 e. The van der Waals surface area contributed by atoms with Crippen molar-refractivity contribution < 1.29 is 0 Å². The Morgan fingerprint density at radius 3 is 2.63 bits per heavy atom. The fraction of sp³-hybridized carbons (Fsp3) is 0.143. The SMILES string of the molecule is Cc1cccc(Cn2c3c(=O)[nH]c(=O)n(C)c3n3c(-c4ccccc4Cl)nnc23)c1. The largest absolute Gasteiger partial charge is 0.329 e. The van der Waals surface area contributed by atoms with E-state index in [0.717, 1.165) is 11.1 Å². The Labute approximate surface area is 175 Å². The molecule has 0 spiro atoms. The van der Waals surface area contributed by atoms with Gasteiger partial charge in [-0.2, -0.15) is 0 Å². The van der Waals surface area contributed by atoms with E-state index in [1.807, 2.05) is 49.4 Å². The number of aryl methyl sites for hydroxylation is 2. The molecule has 0 aliphatic rings. The molecule has 1 N–H and O–H groups in total. The Morgan fingerprint density at radius 2 is 1.87 bits per heavy atom. The maximum Gasteiger partial charge on any atom is 0.329 e. The van der Waals surface area contributed by atoms with E-state index in [0.29, 0.717) is 39.9 Å². The summed E-state index contributed by atoms with van der Waals surface area (Å²) in [6.45, 7) is 2.41. The third-order valence-corrected chi connectivity index (χ3v) is 5.51. The molecule has 150 valence electrons. The maximum atomic E-state index is 12.8. The lowest BCUT2D eigenvalue weighted by Crippen LogP contribution is -2.29. The first kappa shape index (κ1) is 18.4. The maximum absolute atomic E-state index is 12.8. The molecular weight excluding hydrogens is 404 g/mol. The quantitative estimate of drug-likeness (QED) is 0.486. The van der Waals surface area contributed by atoms with Crippen LogP contribution in [0.5, 0.6) is 0 Å². The van der Waals surface area contributed by atoms with Crippen LogP contribution in [0.2, 0.25) is 5.02 Å². The van der Waals surface area contributed by atoms with Crippen molar-refractivity contribution in [2.45, 2.75) is 13.5 Å². The number of H-pyrrole nitrogens is 1. The number of aromatic nitrogens is 6. The Balaban J connectivity index is 1.91. The van der Waals surface area contributed by atoms with Crippen molar-refractivity contribution in [1.29, 1.82) is 0 Å². The van der Waals surface area contributed by atoms with E-state index in [1.54, 1.807) is 22.1 Å². The van der Waals surface area contributed by atoms with Crippen LogP contribution in [0.15, 0.2) is 58.1 Å². The molecule has 0 fully saturated rings. The van der Waals surface area contributed by atoms with E-state index in [2.05, 4.69) is 15.2 Å². The van der Waals surface area contributed by atoms with Gasteiger partial charge in [-0.3, -0.25) is 18.9 Å². The minimum Gasteiger partial charge on any atom is -0.298 e. The third kappa shape index (κ3) is 2.68. The zero-order valence-electron chi connectivity index (χ0n) is 16.3. The Morgan fingerprint density at radius 1 is 1.07 bits per heavy atom. The number of imidazole rings is 1. The molecule has 0 unspecified atom stereocenters. The van der Waals surface area contributed by atoms with Crippen LogP contribution in [0.3, 0.4) is 0 Å². The van der Waals surface area contributed by atoms with Crippen molar-refractivity contribution in [3.05, 3.63) is 85.5 Å². The number of nitrogens with one attached hydrogen (secondary N) is 1. The summed E-state index contributed by atoms with van der Waals surface area (Å²) in [6.07, 6.45) is 0. The zero-order valence-corrected chi connectivity index (χ0v) is 17.0. The number of aromatic amines is 1. The molecule has 9 heteroatoms. The highest BCUT2D eigenvalue weighted by molar-refractivity contribution is 6.33. The van der Waals surface area contributed by atoms with Gasteiger partial charge in [-0.1, -0.05) is 53.6 Å². The molecule has 0 aliphatic carbocycles. The number of hydrogen-bond donors (Lipinski definition) is 1. The van der Waals surface area contributed by atoms with Gasteiger partial charge in [0.25, 0.3) is 5.56 Å². The van der Waals surface area contributed by atoms with Gasteiger partial charge in [0.15, 0.2) is 17.0 Å². The summed E-state index contributed by atoms with van der Waals surface area (Å²) < 4.78 is 4.87. The van der Waals surface area contributed by atoms with E-state index < -0.39 is 11.2 Å². The van der Waals surface area contributed by atoms with Crippen molar-refractivity contribution in [3.8, 4) is 11.4 Å². The minimum atomic E-state index is -0.513. The number of nitrogens with zero attached hydrogens (tertiary/aromatic N) is 5. The molecule has 0 saturated carbocycles. The molecule has 5 aromatic rings. The van der Waals surface area contributed by atoms with Gasteiger partial charge in [0.1, 0.15) is 0 Å². The first-order valence-corrected chi connectivity index (χ1v) is 9.70. The molecule has 5 rings (SSSR count). The van der Waals surface area contributed by atoms with Gasteiger partial charge in [-0.25, -0.2) is 9.20 Å². The molecule has 0 aliphatic heterocycles. The lowest BCUT2D eigenvalue weighted by Gasteiger charge is -2.06. The summed E-state index contributed by atoms with van der Waals surface area (Å²) in [6, 6.07) is 15.3.